The minimum absolute atomic E-state index is 0.222. The summed E-state index contributed by atoms with van der Waals surface area (Å²) in [7, 11) is 0. The Morgan fingerprint density at radius 2 is 1.73 bits per heavy atom. The van der Waals surface area contributed by atoms with Crippen molar-refractivity contribution in [1.82, 2.24) is 14.9 Å². The topological polar surface area (TPSA) is 79.6 Å². The van der Waals surface area contributed by atoms with Crippen molar-refractivity contribution in [3.63, 3.8) is 0 Å². The summed E-state index contributed by atoms with van der Waals surface area (Å²) in [4.78, 5) is 18.4. The molecule has 0 spiro atoms. The second-order valence-corrected chi connectivity index (χ2v) is 9.90. The number of carboxylic acids is 1. The predicted molar refractivity (Wildman–Crippen MR) is 158 cm³/mol. The van der Waals surface area contributed by atoms with E-state index in [9.17, 15) is 9.90 Å². The Labute approximate surface area is 237 Å². The summed E-state index contributed by atoms with van der Waals surface area (Å²) in [6.07, 6.45) is 3.71. The Kier molecular flexibility index (Phi) is 6.76. The summed E-state index contributed by atoms with van der Waals surface area (Å²) in [6, 6.07) is 32.0. The fourth-order valence-corrected chi connectivity index (χ4v) is 5.41. The second-order valence-electron chi connectivity index (χ2n) is 9.52. The zero-order valence-corrected chi connectivity index (χ0v) is 22.5. The van der Waals surface area contributed by atoms with Gasteiger partial charge < -0.3 is 24.6 Å². The number of aromatic carboxylic acids is 1. The molecule has 6 rings (SSSR count). The number of thiocarbonyl (C=S) groups is 1. The van der Waals surface area contributed by atoms with Crippen molar-refractivity contribution in [2.75, 3.05) is 4.90 Å². The number of anilines is 1. The van der Waals surface area contributed by atoms with E-state index in [0.29, 0.717) is 5.11 Å². The second kappa shape index (κ2) is 10.7. The van der Waals surface area contributed by atoms with Gasteiger partial charge in [0.05, 0.1) is 17.3 Å². The van der Waals surface area contributed by atoms with Gasteiger partial charge in [-0.25, -0.2) is 4.79 Å². The summed E-state index contributed by atoms with van der Waals surface area (Å²) in [5, 5.41) is 13.6. The van der Waals surface area contributed by atoms with E-state index in [1.54, 1.807) is 24.4 Å². The van der Waals surface area contributed by atoms with Crippen LogP contribution in [0.4, 0.5) is 5.69 Å². The fourth-order valence-electron chi connectivity index (χ4n) is 5.07. The maximum atomic E-state index is 11.7. The van der Waals surface area contributed by atoms with E-state index in [0.717, 1.165) is 39.8 Å². The van der Waals surface area contributed by atoms with E-state index in [4.69, 9.17) is 17.0 Å². The average Bonchev–Trinajstić information content (AvgIpc) is 3.60. The quantitative estimate of drug-likeness (QED) is 0.216. The van der Waals surface area contributed by atoms with Crippen molar-refractivity contribution in [3.05, 3.63) is 138 Å². The first-order valence-corrected chi connectivity index (χ1v) is 13.3. The molecule has 0 bridgehead atoms. The van der Waals surface area contributed by atoms with Gasteiger partial charge in [0.2, 0.25) is 0 Å². The number of nitrogens with one attached hydrogen (secondary N) is 1. The van der Waals surface area contributed by atoms with Crippen molar-refractivity contribution in [2.45, 2.75) is 19.0 Å². The van der Waals surface area contributed by atoms with Gasteiger partial charge in [0.25, 0.3) is 0 Å². The summed E-state index contributed by atoms with van der Waals surface area (Å²) < 4.78 is 8.13. The van der Waals surface area contributed by atoms with Crippen LogP contribution in [-0.2, 0) is 0 Å². The van der Waals surface area contributed by atoms with E-state index in [1.165, 1.54) is 0 Å². The van der Waals surface area contributed by atoms with Crippen LogP contribution in [0.25, 0.3) is 5.69 Å². The minimum atomic E-state index is -0.972. The fraction of sp³-hybridized carbons (Fsp3) is 0.0938. The number of rotatable bonds is 7. The summed E-state index contributed by atoms with van der Waals surface area (Å²) in [5.74, 6) is 0.561. The molecule has 1 saturated heterocycles. The van der Waals surface area contributed by atoms with Gasteiger partial charge in [-0.1, -0.05) is 30.3 Å². The summed E-state index contributed by atoms with van der Waals surface area (Å²) in [6.45, 7) is 2.02. The number of ether oxygens (including phenoxy) is 1. The van der Waals surface area contributed by atoms with Gasteiger partial charge in [0, 0.05) is 29.5 Å². The van der Waals surface area contributed by atoms with Gasteiger partial charge in [-0.2, -0.15) is 0 Å². The highest BCUT2D eigenvalue weighted by Crippen LogP contribution is 2.42. The first-order valence-electron chi connectivity index (χ1n) is 12.8. The van der Waals surface area contributed by atoms with Crippen molar-refractivity contribution in [2.24, 2.45) is 0 Å². The molecule has 2 N–H and O–H groups in total. The lowest BCUT2D eigenvalue weighted by molar-refractivity contribution is 0.0697. The number of benzene rings is 3. The van der Waals surface area contributed by atoms with E-state index < -0.39 is 5.97 Å². The zero-order chi connectivity index (χ0) is 27.6. The molecule has 198 valence electrons. The number of carboxylic acid groups (broad SMARTS) is 1. The number of nitrogens with zero attached hydrogens (tertiary/aromatic N) is 3. The van der Waals surface area contributed by atoms with Crippen molar-refractivity contribution >= 4 is 29.0 Å². The molecule has 3 heterocycles. The van der Waals surface area contributed by atoms with Gasteiger partial charge in [0.15, 0.2) is 5.11 Å². The molecule has 1 aliphatic heterocycles. The highest BCUT2D eigenvalue weighted by molar-refractivity contribution is 7.80. The molecule has 1 aliphatic rings. The third-order valence-electron chi connectivity index (χ3n) is 6.99. The van der Waals surface area contributed by atoms with Crippen LogP contribution in [0.15, 0.2) is 116 Å². The van der Waals surface area contributed by atoms with E-state index in [-0.39, 0.29) is 17.6 Å². The van der Waals surface area contributed by atoms with Crippen LogP contribution in [0, 0.1) is 6.92 Å². The Hall–Kier alpha value is -4.95. The van der Waals surface area contributed by atoms with E-state index >= 15 is 0 Å². The van der Waals surface area contributed by atoms with Crippen LogP contribution in [0.1, 0.15) is 39.4 Å². The molecule has 40 heavy (non-hydrogen) atoms. The van der Waals surface area contributed by atoms with Gasteiger partial charge in [-0.05, 0) is 97.5 Å². The van der Waals surface area contributed by atoms with E-state index in [2.05, 4.69) is 15.2 Å². The molecule has 0 aliphatic carbocycles. The number of pyridine rings is 1. The van der Waals surface area contributed by atoms with Crippen LogP contribution in [0.3, 0.4) is 0 Å². The van der Waals surface area contributed by atoms with Gasteiger partial charge >= 0.3 is 5.97 Å². The predicted octanol–water partition coefficient (Wildman–Crippen LogP) is 6.85. The number of hydrogen-bond acceptors (Lipinski definition) is 4. The van der Waals surface area contributed by atoms with Gasteiger partial charge in [-0.15, -0.1) is 0 Å². The number of aryl methyl sites for hydroxylation is 1. The van der Waals surface area contributed by atoms with Gasteiger partial charge in [-0.3, -0.25) is 4.98 Å². The molecule has 0 saturated carbocycles. The molecule has 2 atom stereocenters. The van der Waals surface area contributed by atoms with Crippen LogP contribution < -0.4 is 15.0 Å². The van der Waals surface area contributed by atoms with Gasteiger partial charge in [0.1, 0.15) is 17.5 Å². The van der Waals surface area contributed by atoms with Crippen LogP contribution in [0.2, 0.25) is 0 Å². The average molecular weight is 547 g/mol. The molecule has 3 aromatic carbocycles. The number of carbonyl (C=O) groups is 1. The molecule has 5 aromatic rings. The maximum absolute atomic E-state index is 11.7. The van der Waals surface area contributed by atoms with Crippen molar-refractivity contribution < 1.29 is 14.6 Å². The molecule has 0 unspecified atom stereocenters. The Balaban J connectivity index is 1.41. The molecule has 1 fully saturated rings. The first kappa shape index (κ1) is 25.3. The lowest BCUT2D eigenvalue weighted by atomic mass is 10.0. The SMILES string of the molecule is Cc1ccccc1Oc1ccc(N2C(=S)N[C@@H](c3ccccn3)[C@@H]2c2cccn2-c2cccc(C(=O)O)c2)cc1. The minimum Gasteiger partial charge on any atom is -0.478 e. The maximum Gasteiger partial charge on any atom is 0.335 e. The third-order valence-corrected chi connectivity index (χ3v) is 7.30. The Morgan fingerprint density at radius 3 is 2.48 bits per heavy atom. The highest BCUT2D eigenvalue weighted by atomic mass is 32.1. The third kappa shape index (κ3) is 4.81. The molecule has 2 aromatic heterocycles. The highest BCUT2D eigenvalue weighted by Gasteiger charge is 2.42. The van der Waals surface area contributed by atoms with E-state index in [1.807, 2.05) is 103 Å². The Morgan fingerprint density at radius 1 is 0.925 bits per heavy atom. The number of aromatic nitrogens is 2. The first-order chi connectivity index (χ1) is 19.5. The smallest absolute Gasteiger partial charge is 0.335 e. The van der Waals surface area contributed by atoms with Crippen molar-refractivity contribution in [1.29, 1.82) is 0 Å². The molecule has 0 radical (unpaired) electrons. The number of para-hydroxylation sites is 1. The van der Waals surface area contributed by atoms with Crippen molar-refractivity contribution in [3.8, 4) is 17.2 Å². The summed E-state index contributed by atoms with van der Waals surface area (Å²) in [5.41, 5.74) is 4.71. The zero-order valence-electron chi connectivity index (χ0n) is 21.6. The normalized spacial score (nSPS) is 16.5. The lowest BCUT2D eigenvalue weighted by Gasteiger charge is -2.29. The molecule has 8 heteroatoms. The molecular weight excluding hydrogens is 520 g/mol. The van der Waals surface area contributed by atoms with Crippen LogP contribution in [-0.4, -0.2) is 25.7 Å². The molecular formula is C32H26N4O3S. The lowest BCUT2D eigenvalue weighted by Crippen LogP contribution is -2.30. The van der Waals surface area contributed by atoms with Crippen LogP contribution in [0.5, 0.6) is 11.5 Å². The number of hydrogen-bond donors (Lipinski definition) is 2. The summed E-state index contributed by atoms with van der Waals surface area (Å²) >= 11 is 5.89. The van der Waals surface area contributed by atoms with Crippen LogP contribution >= 0.6 is 12.2 Å². The molecule has 7 nitrogen and oxygen atoms in total. The monoisotopic (exact) mass is 546 g/mol. The largest absolute Gasteiger partial charge is 0.478 e. The molecule has 0 amide bonds. The Bertz CT molecular complexity index is 1680. The standard InChI is InChI=1S/C32H26N4O3S/c1-21-8-2-3-13-28(21)39-25-16-14-23(15-17-25)36-30(29(34-32(36)40)26-11-4-5-18-33-26)27-12-7-19-35(27)24-10-6-9-22(20-24)31(37)38/h2-20,29-30H,1H3,(H,34,40)(H,37,38)/t29-,30-/m0/s1.